The molecule has 4 rings (SSSR count). The van der Waals surface area contributed by atoms with Gasteiger partial charge < -0.3 is 9.47 Å². The molecule has 0 heterocycles. The zero-order valence-electron chi connectivity index (χ0n) is 16.4. The van der Waals surface area contributed by atoms with Crippen LogP contribution in [0, 0.1) is 11.3 Å². The molecule has 3 aromatic carbocycles. The van der Waals surface area contributed by atoms with E-state index in [1.54, 1.807) is 48.5 Å². The Hall–Kier alpha value is -4.43. The van der Waals surface area contributed by atoms with E-state index in [9.17, 15) is 9.59 Å². The Morgan fingerprint density at radius 2 is 1.23 bits per heavy atom. The minimum absolute atomic E-state index is 0.313. The van der Waals surface area contributed by atoms with Gasteiger partial charge in [-0.3, -0.25) is 0 Å². The highest BCUT2D eigenvalue weighted by Gasteiger charge is 2.13. The minimum Gasteiger partial charge on any atom is -0.450 e. The van der Waals surface area contributed by atoms with Crippen LogP contribution in [0.3, 0.4) is 0 Å². The molecule has 0 N–H and O–H groups in total. The number of carbonyl (C=O) groups is 2. The van der Waals surface area contributed by atoms with E-state index in [0.29, 0.717) is 22.4 Å². The highest BCUT2D eigenvalue weighted by molar-refractivity contribution is 5.91. The van der Waals surface area contributed by atoms with E-state index in [2.05, 4.69) is 0 Å². The number of hydrogen-bond acceptors (Lipinski definition) is 5. The van der Waals surface area contributed by atoms with E-state index in [1.807, 2.05) is 54.6 Å². The third-order valence-corrected chi connectivity index (χ3v) is 4.72. The molecule has 0 amide bonds. The zero-order chi connectivity index (χ0) is 21.6. The third kappa shape index (κ3) is 4.77. The van der Waals surface area contributed by atoms with Gasteiger partial charge in [-0.15, -0.1) is 0 Å². The van der Waals surface area contributed by atoms with E-state index < -0.39 is 5.97 Å². The first kappa shape index (κ1) is 19.9. The van der Waals surface area contributed by atoms with Gasteiger partial charge in [0.1, 0.15) is 11.9 Å². The smallest absolute Gasteiger partial charge is 0.343 e. The molecule has 0 atom stereocenters. The molecule has 0 radical (unpaired) electrons. The number of carbonyl (C=O) groups excluding carboxylic acids is 2. The van der Waals surface area contributed by atoms with E-state index in [0.717, 1.165) is 11.1 Å². The van der Waals surface area contributed by atoms with Crippen LogP contribution < -0.4 is 4.74 Å². The van der Waals surface area contributed by atoms with Crippen molar-refractivity contribution in [3.8, 4) is 22.9 Å². The molecule has 0 saturated heterocycles. The molecular weight excluding hydrogens is 390 g/mol. The second-order valence-corrected chi connectivity index (χ2v) is 6.82. The van der Waals surface area contributed by atoms with Crippen molar-refractivity contribution in [2.24, 2.45) is 0 Å². The Kier molecular flexibility index (Phi) is 5.72. The lowest BCUT2D eigenvalue weighted by atomic mass is 10.0. The SMILES string of the molecule is N#Cc1ccc(C(=O)Oc2ccc(-c3ccc(C(=O)OC4C=CC=C4)cc3)cc2)cc1. The maximum Gasteiger partial charge on any atom is 0.343 e. The largest absolute Gasteiger partial charge is 0.450 e. The van der Waals surface area contributed by atoms with Crippen molar-refractivity contribution in [1.82, 2.24) is 0 Å². The van der Waals surface area contributed by atoms with E-state index in [1.165, 1.54) is 0 Å². The number of nitriles is 1. The van der Waals surface area contributed by atoms with Gasteiger partial charge in [0.2, 0.25) is 0 Å². The van der Waals surface area contributed by atoms with Gasteiger partial charge in [-0.2, -0.15) is 5.26 Å². The summed E-state index contributed by atoms with van der Waals surface area (Å²) < 4.78 is 10.8. The minimum atomic E-state index is -0.493. The molecule has 5 heteroatoms. The maximum atomic E-state index is 12.2. The van der Waals surface area contributed by atoms with Gasteiger partial charge in [0, 0.05) is 0 Å². The number of esters is 2. The van der Waals surface area contributed by atoms with Crippen molar-refractivity contribution < 1.29 is 19.1 Å². The van der Waals surface area contributed by atoms with Crippen molar-refractivity contribution >= 4 is 11.9 Å². The van der Waals surface area contributed by atoms with E-state index in [-0.39, 0.29) is 12.1 Å². The highest BCUT2D eigenvalue weighted by Crippen LogP contribution is 2.24. The highest BCUT2D eigenvalue weighted by atomic mass is 16.5. The molecule has 0 spiro atoms. The van der Waals surface area contributed by atoms with Gasteiger partial charge in [0.15, 0.2) is 0 Å². The fourth-order valence-electron chi connectivity index (χ4n) is 3.04. The first-order valence-electron chi connectivity index (χ1n) is 9.61. The predicted octanol–water partition coefficient (Wildman–Crippen LogP) is 5.10. The summed E-state index contributed by atoms with van der Waals surface area (Å²) in [6.07, 6.45) is 6.98. The molecule has 1 aliphatic rings. The Morgan fingerprint density at radius 3 is 1.81 bits per heavy atom. The maximum absolute atomic E-state index is 12.2. The molecule has 0 unspecified atom stereocenters. The first-order valence-corrected chi connectivity index (χ1v) is 9.61. The summed E-state index contributed by atoms with van der Waals surface area (Å²) in [5.74, 6) is -0.458. The number of rotatable bonds is 5. The quantitative estimate of drug-likeness (QED) is 0.435. The fourth-order valence-corrected chi connectivity index (χ4v) is 3.04. The normalized spacial score (nSPS) is 12.4. The Morgan fingerprint density at radius 1 is 0.710 bits per heavy atom. The second kappa shape index (κ2) is 8.93. The van der Waals surface area contributed by atoms with Crippen molar-refractivity contribution in [3.05, 3.63) is 114 Å². The molecule has 150 valence electrons. The molecule has 0 saturated carbocycles. The topological polar surface area (TPSA) is 76.4 Å². The lowest BCUT2D eigenvalue weighted by molar-refractivity contribution is 0.0466. The summed E-state index contributed by atoms with van der Waals surface area (Å²) in [5, 5.41) is 8.83. The van der Waals surface area contributed by atoms with Crippen molar-refractivity contribution in [1.29, 1.82) is 5.26 Å². The number of nitrogens with zero attached hydrogens (tertiary/aromatic N) is 1. The van der Waals surface area contributed by atoms with Gasteiger partial charge in [-0.05, 0) is 71.8 Å². The molecule has 5 nitrogen and oxygen atoms in total. The molecule has 3 aromatic rings. The van der Waals surface area contributed by atoms with Crippen molar-refractivity contribution in [2.45, 2.75) is 6.10 Å². The van der Waals surface area contributed by atoms with E-state index in [4.69, 9.17) is 14.7 Å². The molecule has 1 aliphatic carbocycles. The number of benzene rings is 3. The van der Waals surface area contributed by atoms with Crippen molar-refractivity contribution in [3.63, 3.8) is 0 Å². The molecular formula is C26H17NO4. The summed E-state index contributed by atoms with van der Waals surface area (Å²) in [6.45, 7) is 0. The zero-order valence-corrected chi connectivity index (χ0v) is 16.4. The number of ether oxygens (including phenoxy) is 2. The van der Waals surface area contributed by atoms with Crippen LogP contribution in [-0.4, -0.2) is 18.0 Å². The van der Waals surface area contributed by atoms with Crippen LogP contribution in [0.15, 0.2) is 97.1 Å². The summed E-state index contributed by atoms with van der Waals surface area (Å²) in [5.41, 5.74) is 3.16. The van der Waals surface area contributed by atoms with E-state index >= 15 is 0 Å². The van der Waals surface area contributed by atoms with Gasteiger partial charge in [0.05, 0.1) is 22.8 Å². The number of hydrogen-bond donors (Lipinski definition) is 0. The fraction of sp³-hybridized carbons (Fsp3) is 0.0385. The second-order valence-electron chi connectivity index (χ2n) is 6.82. The summed E-state index contributed by atoms with van der Waals surface area (Å²) in [6, 6.07) is 22.5. The van der Waals surface area contributed by atoms with Gasteiger partial charge in [-0.25, -0.2) is 9.59 Å². The molecule has 0 aliphatic heterocycles. The van der Waals surface area contributed by atoms with Crippen molar-refractivity contribution in [2.75, 3.05) is 0 Å². The average Bonchev–Trinajstić information content (AvgIpc) is 3.33. The molecule has 31 heavy (non-hydrogen) atoms. The van der Waals surface area contributed by atoms with Crippen LogP contribution >= 0.6 is 0 Å². The number of allylic oxidation sites excluding steroid dienone is 2. The van der Waals surface area contributed by atoms with Crippen LogP contribution in [0.25, 0.3) is 11.1 Å². The Labute approximate surface area is 179 Å². The summed E-state index contributed by atoms with van der Waals surface area (Å²) in [4.78, 5) is 24.4. The lowest BCUT2D eigenvalue weighted by Crippen LogP contribution is -2.12. The van der Waals surface area contributed by atoms with Gasteiger partial charge in [0.25, 0.3) is 0 Å². The summed E-state index contributed by atoms with van der Waals surface area (Å²) in [7, 11) is 0. The summed E-state index contributed by atoms with van der Waals surface area (Å²) >= 11 is 0. The van der Waals surface area contributed by atoms with Crippen LogP contribution in [-0.2, 0) is 4.74 Å². The van der Waals surface area contributed by atoms with Crippen LogP contribution in [0.4, 0.5) is 0 Å². The molecule has 0 fully saturated rings. The predicted molar refractivity (Wildman–Crippen MR) is 115 cm³/mol. The average molecular weight is 407 g/mol. The van der Waals surface area contributed by atoms with Gasteiger partial charge >= 0.3 is 11.9 Å². The van der Waals surface area contributed by atoms with Crippen LogP contribution in [0.1, 0.15) is 26.3 Å². The lowest BCUT2D eigenvalue weighted by Gasteiger charge is -2.09. The Balaban J connectivity index is 1.39. The molecule has 0 bridgehead atoms. The molecule has 0 aromatic heterocycles. The monoisotopic (exact) mass is 407 g/mol. The first-order chi connectivity index (χ1) is 15.1. The Bertz CT molecular complexity index is 1190. The standard InChI is InChI=1S/C26H17NO4/c27-17-18-5-7-21(8-6-18)25(28)31-24-15-13-20(14-16-24)19-9-11-22(12-10-19)26(29)30-23-3-1-2-4-23/h1-16,23H. The third-order valence-electron chi connectivity index (χ3n) is 4.72. The van der Waals surface area contributed by atoms with Crippen LogP contribution in [0.5, 0.6) is 5.75 Å². The van der Waals surface area contributed by atoms with Crippen LogP contribution in [0.2, 0.25) is 0 Å². The van der Waals surface area contributed by atoms with Gasteiger partial charge in [-0.1, -0.05) is 36.4 Å².